The molecule has 0 bridgehead atoms. The monoisotopic (exact) mass is 426 g/mol. The van der Waals surface area contributed by atoms with Gasteiger partial charge in [-0.2, -0.15) is 0 Å². The van der Waals surface area contributed by atoms with Gasteiger partial charge < -0.3 is 14.8 Å². The zero-order chi connectivity index (χ0) is 22.4. The highest BCUT2D eigenvalue weighted by Crippen LogP contribution is 2.38. The maximum atomic E-state index is 12.9. The normalized spacial score (nSPS) is 13.8. The first kappa shape index (κ1) is 20.2. The number of pyridine rings is 1. The molecule has 1 N–H and O–H groups in total. The second kappa shape index (κ2) is 7.79. The number of nitrogens with one attached hydrogen (secondary N) is 1. The van der Waals surface area contributed by atoms with Gasteiger partial charge >= 0.3 is 0 Å². The van der Waals surface area contributed by atoms with Gasteiger partial charge in [-0.15, -0.1) is 0 Å². The minimum Gasteiger partial charge on any atom is -0.350 e. The average molecular weight is 427 g/mol. The fourth-order valence-electron chi connectivity index (χ4n) is 4.67. The van der Waals surface area contributed by atoms with Crippen LogP contribution in [0.5, 0.6) is 0 Å². The SMILES string of the molecule is CCC(C)c1cn(CC(=O)NCc2ccc3c4c(cccc24)C(=O)N3C)c2ccncc12. The summed E-state index contributed by atoms with van der Waals surface area (Å²) < 4.78 is 2.01. The number of nitrogens with zero attached hydrogens (tertiary/aromatic N) is 3. The largest absolute Gasteiger partial charge is 0.350 e. The molecule has 1 unspecified atom stereocenters. The van der Waals surface area contributed by atoms with E-state index in [1.54, 1.807) is 18.1 Å². The molecule has 2 aromatic carbocycles. The number of hydrogen-bond acceptors (Lipinski definition) is 3. The van der Waals surface area contributed by atoms with Crippen LogP contribution in [0.2, 0.25) is 0 Å². The van der Waals surface area contributed by atoms with E-state index in [2.05, 4.69) is 30.3 Å². The Kier molecular flexibility index (Phi) is 4.93. The molecule has 32 heavy (non-hydrogen) atoms. The number of hydrogen-bond donors (Lipinski definition) is 1. The number of rotatable bonds is 6. The van der Waals surface area contributed by atoms with E-state index in [1.807, 2.05) is 47.2 Å². The minimum atomic E-state index is -0.0501. The lowest BCUT2D eigenvalue weighted by Crippen LogP contribution is -2.27. The summed E-state index contributed by atoms with van der Waals surface area (Å²) in [5, 5.41) is 6.15. The van der Waals surface area contributed by atoms with Gasteiger partial charge in [-0.05, 0) is 47.1 Å². The lowest BCUT2D eigenvalue weighted by atomic mass is 9.99. The molecule has 2 amide bonds. The third-order valence-electron chi connectivity index (χ3n) is 6.65. The number of amides is 2. The van der Waals surface area contributed by atoms with Crippen molar-refractivity contribution in [2.75, 3.05) is 11.9 Å². The van der Waals surface area contributed by atoms with Crippen LogP contribution in [0.1, 0.15) is 47.7 Å². The number of aromatic nitrogens is 2. The Morgan fingerprint density at radius 3 is 2.81 bits per heavy atom. The molecule has 0 saturated carbocycles. The Morgan fingerprint density at radius 2 is 2.00 bits per heavy atom. The number of carbonyl (C=O) groups is 2. The predicted molar refractivity (Wildman–Crippen MR) is 127 cm³/mol. The third-order valence-corrected chi connectivity index (χ3v) is 6.65. The number of anilines is 1. The van der Waals surface area contributed by atoms with Gasteiger partial charge in [-0.25, -0.2) is 0 Å². The van der Waals surface area contributed by atoms with E-state index in [4.69, 9.17) is 0 Å². The molecule has 162 valence electrons. The molecule has 1 aliphatic rings. The number of benzene rings is 2. The highest BCUT2D eigenvalue weighted by Gasteiger charge is 2.27. The highest BCUT2D eigenvalue weighted by molar-refractivity contribution is 6.25. The van der Waals surface area contributed by atoms with Gasteiger partial charge in [-0.1, -0.05) is 32.0 Å². The van der Waals surface area contributed by atoms with Gasteiger partial charge in [0.15, 0.2) is 0 Å². The molecule has 4 aromatic rings. The van der Waals surface area contributed by atoms with Crippen molar-refractivity contribution >= 4 is 39.2 Å². The Labute approximate surface area is 186 Å². The van der Waals surface area contributed by atoms with Gasteiger partial charge in [0.2, 0.25) is 5.91 Å². The fraction of sp³-hybridized carbons (Fsp3) is 0.269. The summed E-state index contributed by atoms with van der Waals surface area (Å²) in [6.45, 7) is 5.03. The van der Waals surface area contributed by atoms with E-state index in [0.29, 0.717) is 12.5 Å². The Hall–Kier alpha value is -3.67. The third kappa shape index (κ3) is 3.14. The first-order valence-electron chi connectivity index (χ1n) is 11.0. The lowest BCUT2D eigenvalue weighted by Gasteiger charge is -2.13. The van der Waals surface area contributed by atoms with Crippen LogP contribution in [-0.2, 0) is 17.9 Å². The highest BCUT2D eigenvalue weighted by atomic mass is 16.2. The van der Waals surface area contributed by atoms with E-state index in [1.165, 1.54) is 5.56 Å². The molecule has 0 spiro atoms. The molecule has 6 nitrogen and oxygen atoms in total. The quantitative estimate of drug-likeness (QED) is 0.490. The van der Waals surface area contributed by atoms with E-state index >= 15 is 0 Å². The van der Waals surface area contributed by atoms with Gasteiger partial charge in [0.25, 0.3) is 5.91 Å². The Bertz CT molecular complexity index is 1370. The summed E-state index contributed by atoms with van der Waals surface area (Å²) in [4.78, 5) is 31.3. The smallest absolute Gasteiger partial charge is 0.258 e. The molecule has 1 aliphatic heterocycles. The summed E-state index contributed by atoms with van der Waals surface area (Å²) in [7, 11) is 1.79. The summed E-state index contributed by atoms with van der Waals surface area (Å²) in [6, 6.07) is 11.7. The fourth-order valence-corrected chi connectivity index (χ4v) is 4.67. The Morgan fingerprint density at radius 1 is 1.16 bits per heavy atom. The zero-order valence-electron chi connectivity index (χ0n) is 18.6. The predicted octanol–water partition coefficient (Wildman–Crippen LogP) is 4.61. The van der Waals surface area contributed by atoms with Gasteiger partial charge in [0.1, 0.15) is 6.54 Å². The van der Waals surface area contributed by atoms with E-state index < -0.39 is 0 Å². The molecule has 0 saturated heterocycles. The molecule has 0 radical (unpaired) electrons. The molecule has 1 atom stereocenters. The Balaban J connectivity index is 1.38. The van der Waals surface area contributed by atoms with Crippen LogP contribution in [0.25, 0.3) is 21.7 Å². The van der Waals surface area contributed by atoms with Crippen LogP contribution < -0.4 is 10.2 Å². The van der Waals surface area contributed by atoms with Crippen molar-refractivity contribution < 1.29 is 9.59 Å². The van der Waals surface area contributed by atoms with E-state index in [0.717, 1.165) is 44.9 Å². The van der Waals surface area contributed by atoms with Crippen LogP contribution in [-0.4, -0.2) is 28.4 Å². The van der Waals surface area contributed by atoms with Crippen molar-refractivity contribution in [1.82, 2.24) is 14.9 Å². The minimum absolute atomic E-state index is 0.0119. The van der Waals surface area contributed by atoms with Crippen LogP contribution in [0.15, 0.2) is 55.0 Å². The summed E-state index contributed by atoms with van der Waals surface area (Å²) in [5.41, 5.74) is 4.89. The van der Waals surface area contributed by atoms with E-state index in [-0.39, 0.29) is 18.4 Å². The first-order chi connectivity index (χ1) is 15.5. The van der Waals surface area contributed by atoms with Crippen LogP contribution >= 0.6 is 0 Å². The van der Waals surface area contributed by atoms with E-state index in [9.17, 15) is 9.59 Å². The molecule has 2 aromatic heterocycles. The van der Waals surface area contributed by atoms with Gasteiger partial charge in [0.05, 0.1) is 11.2 Å². The molecule has 5 rings (SSSR count). The van der Waals surface area contributed by atoms with Gasteiger partial charge in [0, 0.05) is 48.5 Å². The summed E-state index contributed by atoms with van der Waals surface area (Å²) >= 11 is 0. The second-order valence-corrected chi connectivity index (χ2v) is 8.53. The second-order valence-electron chi connectivity index (χ2n) is 8.53. The van der Waals surface area contributed by atoms with Crippen molar-refractivity contribution in [1.29, 1.82) is 0 Å². The molecule has 0 aliphatic carbocycles. The van der Waals surface area contributed by atoms with Crippen LogP contribution in [0.4, 0.5) is 5.69 Å². The summed E-state index contributed by atoms with van der Waals surface area (Å²) in [5.74, 6) is 0.365. The molecular weight excluding hydrogens is 400 g/mol. The van der Waals surface area contributed by atoms with Gasteiger partial charge in [-0.3, -0.25) is 14.6 Å². The number of fused-ring (bicyclic) bond motifs is 1. The van der Waals surface area contributed by atoms with Crippen molar-refractivity contribution in [2.24, 2.45) is 0 Å². The number of carbonyl (C=O) groups excluding carboxylic acids is 2. The average Bonchev–Trinajstić information content (AvgIpc) is 3.30. The van der Waals surface area contributed by atoms with Crippen LogP contribution in [0, 0.1) is 0 Å². The zero-order valence-corrected chi connectivity index (χ0v) is 18.6. The van der Waals surface area contributed by atoms with Crippen molar-refractivity contribution in [2.45, 2.75) is 39.3 Å². The first-order valence-corrected chi connectivity index (χ1v) is 11.0. The van der Waals surface area contributed by atoms with Crippen molar-refractivity contribution in [3.05, 3.63) is 71.7 Å². The van der Waals surface area contributed by atoms with Crippen LogP contribution in [0.3, 0.4) is 0 Å². The lowest BCUT2D eigenvalue weighted by molar-refractivity contribution is -0.121. The summed E-state index contributed by atoms with van der Waals surface area (Å²) in [6.07, 6.45) is 6.77. The maximum Gasteiger partial charge on any atom is 0.258 e. The molecule has 6 heteroatoms. The topological polar surface area (TPSA) is 67.2 Å². The van der Waals surface area contributed by atoms with Crippen molar-refractivity contribution in [3.8, 4) is 0 Å². The maximum absolute atomic E-state index is 12.9. The molecule has 0 fully saturated rings. The molecular formula is C26H26N4O2. The molecule has 3 heterocycles. The standard InChI is InChI=1S/C26H26N4O2/c1-4-16(2)21-14-30(22-10-11-27-13-20(21)22)15-24(31)28-12-17-8-9-23-25-18(17)6-5-7-19(25)26(32)29(23)3/h5-11,13-14,16H,4,12,15H2,1-3H3,(H,28,31). The van der Waals surface area contributed by atoms with Crippen molar-refractivity contribution in [3.63, 3.8) is 0 Å².